The van der Waals surface area contributed by atoms with Crippen LogP contribution in [0.25, 0.3) is 0 Å². The Morgan fingerprint density at radius 2 is 2.06 bits per heavy atom. The van der Waals surface area contributed by atoms with E-state index in [9.17, 15) is 18.0 Å². The molecule has 2 fully saturated rings. The predicted octanol–water partition coefficient (Wildman–Crippen LogP) is -2.35. The molecule has 2 aliphatic rings. The van der Waals surface area contributed by atoms with Crippen molar-refractivity contribution in [2.24, 2.45) is 5.73 Å². The lowest BCUT2D eigenvalue weighted by Crippen LogP contribution is -2.47. The number of carbonyl (C=O) groups is 2. The summed E-state index contributed by atoms with van der Waals surface area (Å²) >= 11 is 0. The number of fused-ring (bicyclic) bond motifs is 2. The molecule has 2 unspecified atom stereocenters. The van der Waals surface area contributed by atoms with Gasteiger partial charge in [0.05, 0.1) is 6.04 Å². The van der Waals surface area contributed by atoms with Gasteiger partial charge in [0.15, 0.2) is 0 Å². The molecule has 2 atom stereocenters. The molecule has 0 aromatic rings. The Hall–Kier alpha value is -1.43. The Bertz CT molecular complexity index is 464. The van der Waals surface area contributed by atoms with E-state index in [0.29, 0.717) is 17.9 Å². The third kappa shape index (κ3) is 2.53. The van der Waals surface area contributed by atoms with Gasteiger partial charge in [0, 0.05) is 6.54 Å². The maximum atomic E-state index is 11.7. The lowest BCUT2D eigenvalue weighted by molar-refractivity contribution is -0.122. The molecule has 0 aromatic carbocycles. The molecule has 2 saturated heterocycles. The number of carbonyl (C=O) groups excluding carboxylic acids is 2. The Morgan fingerprint density at radius 1 is 1.44 bits per heavy atom. The summed E-state index contributed by atoms with van der Waals surface area (Å²) in [7, 11) is -4.75. The topological polar surface area (TPSA) is 162 Å². The highest BCUT2D eigenvalue weighted by Gasteiger charge is 2.48. The van der Waals surface area contributed by atoms with Crippen LogP contribution < -0.4 is 5.73 Å². The molecule has 10 nitrogen and oxygen atoms in total. The normalized spacial score (nSPS) is 27.1. The lowest BCUT2D eigenvalue weighted by atomic mass is 10.0. The average molecular weight is 283 g/mol. The van der Waals surface area contributed by atoms with Gasteiger partial charge in [-0.2, -0.15) is 13.5 Å². The van der Waals surface area contributed by atoms with Crippen molar-refractivity contribution in [1.82, 2.24) is 9.96 Å². The number of nitrogens with two attached hydrogens (primary N) is 1. The minimum atomic E-state index is -4.75. The number of amides is 3. The van der Waals surface area contributed by atoms with Crippen LogP contribution in [0.5, 0.6) is 0 Å². The summed E-state index contributed by atoms with van der Waals surface area (Å²) in [5.41, 5.74) is 5.13. The molecule has 5 N–H and O–H groups in total. The zero-order valence-electron chi connectivity index (χ0n) is 9.14. The Kier molecular flexibility index (Phi) is 3.81. The van der Waals surface area contributed by atoms with Gasteiger partial charge in [0.2, 0.25) is 5.91 Å². The van der Waals surface area contributed by atoms with E-state index in [-0.39, 0.29) is 12.0 Å². The van der Waals surface area contributed by atoms with E-state index in [1.54, 1.807) is 0 Å². The van der Waals surface area contributed by atoms with Crippen LogP contribution in [-0.2, 0) is 19.5 Å². The second-order valence-electron chi connectivity index (χ2n) is 3.91. The average Bonchev–Trinajstić information content (AvgIpc) is 2.42. The molecule has 104 valence electrons. The summed E-state index contributed by atoms with van der Waals surface area (Å²) in [4.78, 5) is 23.9. The largest absolute Gasteiger partial charge is 0.418 e. The van der Waals surface area contributed by atoms with Crippen LogP contribution >= 0.6 is 0 Å². The number of primary amides is 1. The van der Waals surface area contributed by atoms with Crippen molar-refractivity contribution in [2.75, 3.05) is 6.54 Å². The van der Waals surface area contributed by atoms with Crippen molar-refractivity contribution >= 4 is 22.3 Å². The smallest absolute Gasteiger partial charge is 0.412 e. The van der Waals surface area contributed by atoms with Crippen molar-refractivity contribution in [2.45, 2.75) is 24.9 Å². The summed E-state index contributed by atoms with van der Waals surface area (Å²) in [5, 5.41) is 0.568. The summed E-state index contributed by atoms with van der Waals surface area (Å²) in [6.07, 6.45) is 0.725. The first-order valence-corrected chi connectivity index (χ1v) is 6.22. The monoisotopic (exact) mass is 283 g/mol. The maximum absolute atomic E-state index is 11.7. The summed E-state index contributed by atoms with van der Waals surface area (Å²) in [6, 6.07) is -2.04. The molecule has 18 heavy (non-hydrogen) atoms. The van der Waals surface area contributed by atoms with Crippen LogP contribution in [0.1, 0.15) is 12.8 Å². The van der Waals surface area contributed by atoms with E-state index in [2.05, 4.69) is 4.28 Å². The van der Waals surface area contributed by atoms with E-state index in [0.717, 1.165) is 4.90 Å². The van der Waals surface area contributed by atoms with E-state index in [1.807, 2.05) is 0 Å². The van der Waals surface area contributed by atoms with Gasteiger partial charge in [0.25, 0.3) is 0 Å². The zero-order chi connectivity index (χ0) is 12.8. The van der Waals surface area contributed by atoms with Gasteiger partial charge in [-0.25, -0.2) is 4.79 Å². The van der Waals surface area contributed by atoms with E-state index < -0.39 is 34.4 Å². The number of hydrogen-bond acceptors (Lipinski definition) is 5. The van der Waals surface area contributed by atoms with E-state index in [1.165, 1.54) is 0 Å². The van der Waals surface area contributed by atoms with Crippen LogP contribution in [-0.4, -0.2) is 59.0 Å². The molecule has 0 aliphatic carbocycles. The third-order valence-corrected chi connectivity index (χ3v) is 3.17. The van der Waals surface area contributed by atoms with Crippen LogP contribution in [0, 0.1) is 0 Å². The fourth-order valence-electron chi connectivity index (χ4n) is 2.13. The highest BCUT2D eigenvalue weighted by atomic mass is 32.3. The summed E-state index contributed by atoms with van der Waals surface area (Å²) in [6.45, 7) is 0.155. The van der Waals surface area contributed by atoms with E-state index in [4.69, 9.17) is 10.3 Å². The number of hydroxylamine groups is 2. The molecule has 0 saturated carbocycles. The number of piperidine rings is 1. The molecule has 2 bridgehead atoms. The molecule has 2 rings (SSSR count). The molecule has 0 aromatic heterocycles. The van der Waals surface area contributed by atoms with Crippen molar-refractivity contribution in [3.63, 3.8) is 0 Å². The van der Waals surface area contributed by atoms with E-state index >= 15 is 0 Å². The number of hydrogen-bond donors (Lipinski definition) is 2. The quantitative estimate of drug-likeness (QED) is 0.551. The second kappa shape index (κ2) is 4.68. The molecule has 0 radical (unpaired) electrons. The van der Waals surface area contributed by atoms with Gasteiger partial charge in [0.1, 0.15) is 6.04 Å². The molecule has 11 heteroatoms. The summed E-state index contributed by atoms with van der Waals surface area (Å²) < 4.78 is 33.8. The Morgan fingerprint density at radius 3 is 2.56 bits per heavy atom. The number of urea groups is 1. The Labute approximate surface area is 102 Å². The first-order valence-electron chi connectivity index (χ1n) is 4.86. The Balaban J connectivity index is 0.00000162. The van der Waals surface area contributed by atoms with Crippen LogP contribution in [0.4, 0.5) is 4.79 Å². The minimum absolute atomic E-state index is 0. The van der Waals surface area contributed by atoms with Gasteiger partial charge in [-0.15, -0.1) is 4.28 Å². The molecule has 3 amide bonds. The molecule has 2 aliphatic heterocycles. The van der Waals surface area contributed by atoms with Gasteiger partial charge in [-0.1, -0.05) is 0 Å². The number of rotatable bonds is 3. The standard InChI is InChI=1S/C7H11N3O6S.H2O/c8-6(11)5-2-1-4-3-9(5)7(12)10(4)16-17(13,14)15;/h4-5H,1-3H2,(H2,8,11)(H,13,14,15);1H2. The lowest BCUT2D eigenvalue weighted by Gasteiger charge is -2.27. The van der Waals surface area contributed by atoms with Crippen LogP contribution in [0.2, 0.25) is 0 Å². The van der Waals surface area contributed by atoms with Crippen molar-refractivity contribution in [3.05, 3.63) is 0 Å². The summed E-state index contributed by atoms with van der Waals surface area (Å²) in [5.74, 6) is -0.648. The van der Waals surface area contributed by atoms with Gasteiger partial charge < -0.3 is 16.1 Å². The maximum Gasteiger partial charge on any atom is 0.418 e. The molecular formula is C7H13N3O7S. The van der Waals surface area contributed by atoms with Crippen LogP contribution in [0.3, 0.4) is 0 Å². The van der Waals surface area contributed by atoms with Crippen molar-refractivity contribution in [1.29, 1.82) is 0 Å². The third-order valence-electron chi connectivity index (χ3n) is 2.83. The fourth-order valence-corrected chi connectivity index (χ4v) is 2.52. The first kappa shape index (κ1) is 14.6. The molecule has 2 heterocycles. The highest BCUT2D eigenvalue weighted by Crippen LogP contribution is 2.30. The van der Waals surface area contributed by atoms with Crippen molar-refractivity contribution < 1.29 is 32.3 Å². The van der Waals surface area contributed by atoms with Gasteiger partial charge in [-0.3, -0.25) is 9.35 Å². The second-order valence-corrected chi connectivity index (χ2v) is 4.92. The SMILES string of the molecule is NC(=O)C1CCC2CN1C(=O)N2OS(=O)(=O)O.O. The zero-order valence-corrected chi connectivity index (χ0v) is 9.96. The number of nitrogens with zero attached hydrogens (tertiary/aromatic N) is 2. The van der Waals surface area contributed by atoms with Crippen molar-refractivity contribution in [3.8, 4) is 0 Å². The van der Waals surface area contributed by atoms with Crippen LogP contribution in [0.15, 0.2) is 0 Å². The fraction of sp³-hybridized carbons (Fsp3) is 0.714. The molecule has 0 spiro atoms. The molecular weight excluding hydrogens is 270 g/mol. The predicted molar refractivity (Wildman–Crippen MR) is 56.2 cm³/mol. The van der Waals surface area contributed by atoms with Gasteiger partial charge in [-0.05, 0) is 12.8 Å². The minimum Gasteiger partial charge on any atom is -0.412 e. The highest BCUT2D eigenvalue weighted by molar-refractivity contribution is 7.80. The van der Waals surface area contributed by atoms with Gasteiger partial charge >= 0.3 is 16.4 Å². The first-order chi connectivity index (χ1) is 7.79.